The van der Waals surface area contributed by atoms with Crippen molar-refractivity contribution in [3.8, 4) is 0 Å². The summed E-state index contributed by atoms with van der Waals surface area (Å²) >= 11 is 7.95. The molecule has 146 valence electrons. The Bertz CT molecular complexity index is 855. The Kier molecular flexibility index (Phi) is 5.07. The Morgan fingerprint density at radius 2 is 1.93 bits per heavy atom. The molecule has 4 rings (SSSR count). The fourth-order valence-electron chi connectivity index (χ4n) is 3.74. The average Bonchev–Trinajstić information content (AvgIpc) is 3.24. The normalized spacial score (nSPS) is 32.8. The molecule has 2 aromatic rings. The molecule has 1 spiro atoms. The Morgan fingerprint density at radius 1 is 1.19 bits per heavy atom. The highest BCUT2D eigenvalue weighted by Crippen LogP contribution is 2.47. The maximum absolute atomic E-state index is 10.6. The molecule has 3 heterocycles. The van der Waals surface area contributed by atoms with E-state index in [4.69, 9.17) is 21.1 Å². The number of hydrogen-bond donors (Lipinski definition) is 4. The summed E-state index contributed by atoms with van der Waals surface area (Å²) in [4.78, 5) is 1.92. The molecule has 0 unspecified atom stereocenters. The van der Waals surface area contributed by atoms with Crippen LogP contribution in [0.3, 0.4) is 0 Å². The molecule has 6 nitrogen and oxygen atoms in total. The minimum absolute atomic E-state index is 0.00231. The number of hydrogen-bond acceptors (Lipinski definition) is 7. The van der Waals surface area contributed by atoms with Crippen LogP contribution in [-0.4, -0.2) is 44.8 Å². The Balaban J connectivity index is 1.72. The van der Waals surface area contributed by atoms with E-state index in [1.165, 1.54) is 11.3 Å². The second-order valence-corrected chi connectivity index (χ2v) is 8.67. The summed E-state index contributed by atoms with van der Waals surface area (Å²) < 4.78 is 11.7. The van der Waals surface area contributed by atoms with Gasteiger partial charge in [0.25, 0.3) is 0 Å². The van der Waals surface area contributed by atoms with Crippen LogP contribution in [-0.2, 0) is 34.9 Å². The summed E-state index contributed by atoms with van der Waals surface area (Å²) in [6.07, 6.45) is -4.17. The van der Waals surface area contributed by atoms with Crippen molar-refractivity contribution in [2.75, 3.05) is 0 Å². The molecule has 0 bridgehead atoms. The molecule has 27 heavy (non-hydrogen) atoms. The Hall–Kier alpha value is -1.03. The molecule has 0 aliphatic carbocycles. The van der Waals surface area contributed by atoms with Gasteiger partial charge in [-0.1, -0.05) is 11.6 Å². The van der Waals surface area contributed by atoms with Gasteiger partial charge in [0.2, 0.25) is 5.79 Å². The quantitative estimate of drug-likeness (QED) is 0.612. The average molecular weight is 413 g/mol. The lowest BCUT2D eigenvalue weighted by Crippen LogP contribution is -2.62. The molecule has 2 aliphatic heterocycles. The van der Waals surface area contributed by atoms with Gasteiger partial charge < -0.3 is 29.9 Å². The number of halogens is 1. The molecule has 0 saturated carbocycles. The van der Waals surface area contributed by atoms with E-state index >= 15 is 0 Å². The number of fused-ring (bicyclic) bond motifs is 2. The highest BCUT2D eigenvalue weighted by atomic mass is 35.5. The smallest absolute Gasteiger partial charge is 0.225 e. The molecule has 1 fully saturated rings. The first-order valence-electron chi connectivity index (χ1n) is 8.72. The van der Waals surface area contributed by atoms with Crippen LogP contribution in [0, 0.1) is 0 Å². The minimum Gasteiger partial charge on any atom is -0.391 e. The summed E-state index contributed by atoms with van der Waals surface area (Å²) in [5.74, 6) is -1.53. The lowest BCUT2D eigenvalue weighted by molar-refractivity contribution is -0.362. The second kappa shape index (κ2) is 7.09. The third kappa shape index (κ3) is 3.12. The molecular formula is C19H21ClO6S. The van der Waals surface area contributed by atoms with Crippen LogP contribution < -0.4 is 0 Å². The van der Waals surface area contributed by atoms with Crippen LogP contribution in [0.15, 0.2) is 24.3 Å². The molecular weight excluding hydrogens is 392 g/mol. The van der Waals surface area contributed by atoms with E-state index < -0.39 is 30.2 Å². The van der Waals surface area contributed by atoms with Crippen LogP contribution in [0.2, 0.25) is 5.02 Å². The highest BCUT2D eigenvalue weighted by molar-refractivity contribution is 7.12. The SMILES string of the molecule is C[C@H]1O[C@]2(OCc3cc(Cl)c(Cc4ccc(CO)s4)cc32)[C@H](O)[C@@H](O)[C@@H]1O. The van der Waals surface area contributed by atoms with E-state index in [1.807, 2.05) is 18.2 Å². The fraction of sp³-hybridized carbons (Fsp3) is 0.474. The summed E-state index contributed by atoms with van der Waals surface area (Å²) in [5.41, 5.74) is 2.22. The van der Waals surface area contributed by atoms with Crippen molar-refractivity contribution in [1.82, 2.24) is 0 Å². The topological polar surface area (TPSA) is 99.4 Å². The van der Waals surface area contributed by atoms with Crippen LogP contribution in [0.4, 0.5) is 0 Å². The molecule has 5 atom stereocenters. The first-order valence-corrected chi connectivity index (χ1v) is 9.91. The zero-order valence-electron chi connectivity index (χ0n) is 14.6. The van der Waals surface area contributed by atoms with Gasteiger partial charge in [-0.05, 0) is 42.3 Å². The van der Waals surface area contributed by atoms with Crippen molar-refractivity contribution in [3.63, 3.8) is 0 Å². The van der Waals surface area contributed by atoms with Crippen LogP contribution in [0.25, 0.3) is 0 Å². The maximum atomic E-state index is 10.6. The molecule has 2 aliphatic rings. The highest BCUT2D eigenvalue weighted by Gasteiger charge is 2.57. The number of thiophene rings is 1. The Labute approximate surface area is 165 Å². The van der Waals surface area contributed by atoms with Gasteiger partial charge in [0, 0.05) is 26.8 Å². The zero-order chi connectivity index (χ0) is 19.3. The predicted octanol–water partition coefficient (Wildman–Crippen LogP) is 1.67. The van der Waals surface area contributed by atoms with E-state index in [-0.39, 0.29) is 13.2 Å². The summed E-state index contributed by atoms with van der Waals surface area (Å²) in [6, 6.07) is 7.45. The largest absolute Gasteiger partial charge is 0.391 e. The Morgan fingerprint density at radius 3 is 2.63 bits per heavy atom. The van der Waals surface area contributed by atoms with E-state index in [2.05, 4.69) is 0 Å². The molecule has 1 aromatic heterocycles. The van der Waals surface area contributed by atoms with Gasteiger partial charge in [-0.3, -0.25) is 0 Å². The standard InChI is InChI=1S/C19H21ClO6S/c1-9-16(22)17(23)18(24)19(26-9)14-5-10(15(20)6-11(14)8-25-19)4-12-2-3-13(7-21)27-12/h2-3,5-6,9,16-18,21-24H,4,7-8H2,1H3/t9-,16-,17+,18-,19+/m1/s1. The second-order valence-electron chi connectivity index (χ2n) is 7.01. The molecule has 1 aromatic carbocycles. The fourth-order valence-corrected chi connectivity index (χ4v) is 4.89. The summed E-state index contributed by atoms with van der Waals surface area (Å²) in [7, 11) is 0. The van der Waals surface area contributed by atoms with Crippen molar-refractivity contribution in [3.05, 3.63) is 55.7 Å². The third-order valence-corrected chi connectivity index (χ3v) is 6.65. The number of aliphatic hydroxyl groups is 4. The first-order chi connectivity index (χ1) is 12.9. The zero-order valence-corrected chi connectivity index (χ0v) is 16.2. The number of benzene rings is 1. The minimum atomic E-state index is -1.53. The first kappa shape index (κ1) is 19.3. The van der Waals surface area contributed by atoms with Crippen molar-refractivity contribution < 1.29 is 29.9 Å². The van der Waals surface area contributed by atoms with Crippen molar-refractivity contribution >= 4 is 22.9 Å². The van der Waals surface area contributed by atoms with Crippen molar-refractivity contribution in [2.45, 2.75) is 56.8 Å². The van der Waals surface area contributed by atoms with Gasteiger partial charge in [-0.25, -0.2) is 0 Å². The van der Waals surface area contributed by atoms with Gasteiger partial charge in [0.15, 0.2) is 0 Å². The van der Waals surface area contributed by atoms with Gasteiger partial charge in [-0.2, -0.15) is 0 Å². The third-order valence-electron chi connectivity index (χ3n) is 5.23. The molecule has 0 radical (unpaired) electrons. The van der Waals surface area contributed by atoms with Crippen molar-refractivity contribution in [2.24, 2.45) is 0 Å². The molecule has 8 heteroatoms. The molecule has 4 N–H and O–H groups in total. The van der Waals surface area contributed by atoms with Gasteiger partial charge in [-0.15, -0.1) is 11.3 Å². The van der Waals surface area contributed by atoms with E-state index in [0.717, 1.165) is 20.9 Å². The molecule has 0 amide bonds. The lowest BCUT2D eigenvalue weighted by atomic mass is 9.87. The number of rotatable bonds is 3. The van der Waals surface area contributed by atoms with Crippen molar-refractivity contribution in [1.29, 1.82) is 0 Å². The summed E-state index contributed by atoms with van der Waals surface area (Å²) in [5, 5.41) is 40.7. The van der Waals surface area contributed by atoms with Crippen LogP contribution in [0.1, 0.15) is 33.4 Å². The van der Waals surface area contributed by atoms with Gasteiger partial charge in [0.1, 0.15) is 18.3 Å². The van der Waals surface area contributed by atoms with Gasteiger partial charge in [0.05, 0.1) is 19.3 Å². The monoisotopic (exact) mass is 412 g/mol. The van der Waals surface area contributed by atoms with Gasteiger partial charge >= 0.3 is 0 Å². The van der Waals surface area contributed by atoms with Crippen LogP contribution >= 0.6 is 22.9 Å². The van der Waals surface area contributed by atoms with E-state index in [1.54, 1.807) is 13.0 Å². The lowest BCUT2D eigenvalue weighted by Gasteiger charge is -2.45. The summed E-state index contributed by atoms with van der Waals surface area (Å²) in [6.45, 7) is 1.81. The number of ether oxygens (including phenoxy) is 2. The van der Waals surface area contributed by atoms with E-state index in [0.29, 0.717) is 17.0 Å². The maximum Gasteiger partial charge on any atom is 0.225 e. The van der Waals surface area contributed by atoms with Crippen LogP contribution in [0.5, 0.6) is 0 Å². The predicted molar refractivity (Wildman–Crippen MR) is 99.5 cm³/mol. The number of aliphatic hydroxyl groups excluding tert-OH is 4. The van der Waals surface area contributed by atoms with E-state index in [9.17, 15) is 20.4 Å². The molecule has 1 saturated heterocycles.